The van der Waals surface area contributed by atoms with E-state index in [-0.39, 0.29) is 11.6 Å². The number of urea groups is 1. The van der Waals surface area contributed by atoms with Crippen molar-refractivity contribution in [2.75, 3.05) is 24.5 Å². The molecule has 0 unspecified atom stereocenters. The number of nitrogens with zero attached hydrogens (tertiary/aromatic N) is 3. The largest absolute Gasteiger partial charge is 0.324 e. The van der Waals surface area contributed by atoms with Gasteiger partial charge < -0.3 is 4.90 Å². The fraction of sp³-hybridized carbons (Fsp3) is 0.200. The summed E-state index contributed by atoms with van der Waals surface area (Å²) < 4.78 is 13.8. The lowest BCUT2D eigenvalue weighted by molar-refractivity contribution is 0.221. The van der Waals surface area contributed by atoms with Crippen molar-refractivity contribution in [3.05, 3.63) is 66.5 Å². The first-order valence-corrected chi connectivity index (χ1v) is 8.11. The summed E-state index contributed by atoms with van der Waals surface area (Å²) in [5.41, 5.74) is 2.39. The summed E-state index contributed by atoms with van der Waals surface area (Å²) >= 11 is 0. The SMILES string of the molecule is C=CCCN1CCN(c2ccc(-c3ccc(C#N)c(F)c3)cc2)C1=O. The molecule has 4 nitrogen and oxygen atoms in total. The normalized spacial score (nSPS) is 13.8. The van der Waals surface area contributed by atoms with Crippen molar-refractivity contribution in [1.29, 1.82) is 5.26 Å². The summed E-state index contributed by atoms with van der Waals surface area (Å²) in [6, 6.07) is 13.8. The average Bonchev–Trinajstić information content (AvgIpc) is 3.00. The van der Waals surface area contributed by atoms with Gasteiger partial charge in [0.25, 0.3) is 0 Å². The van der Waals surface area contributed by atoms with Gasteiger partial charge in [0, 0.05) is 25.3 Å². The second kappa shape index (κ2) is 7.18. The standard InChI is InChI=1S/C20H18FN3O/c1-2-3-10-23-11-12-24(20(23)25)18-8-6-15(7-9-18)16-4-5-17(14-22)19(21)13-16/h2,4-9,13H,1,3,10-12H2. The highest BCUT2D eigenvalue weighted by Crippen LogP contribution is 2.26. The van der Waals surface area contributed by atoms with Gasteiger partial charge in [-0.3, -0.25) is 4.90 Å². The van der Waals surface area contributed by atoms with Crippen molar-refractivity contribution in [3.63, 3.8) is 0 Å². The van der Waals surface area contributed by atoms with E-state index in [0.717, 1.165) is 17.7 Å². The molecule has 0 spiro atoms. The van der Waals surface area contributed by atoms with Crippen molar-refractivity contribution in [3.8, 4) is 17.2 Å². The zero-order chi connectivity index (χ0) is 17.8. The highest BCUT2D eigenvalue weighted by molar-refractivity contribution is 5.94. The first-order valence-electron chi connectivity index (χ1n) is 8.11. The van der Waals surface area contributed by atoms with Crippen LogP contribution >= 0.6 is 0 Å². The molecule has 0 aliphatic carbocycles. The Bertz CT molecular complexity index is 839. The monoisotopic (exact) mass is 335 g/mol. The summed E-state index contributed by atoms with van der Waals surface area (Å²) in [5.74, 6) is -0.531. The lowest BCUT2D eigenvalue weighted by Crippen LogP contribution is -2.32. The number of amides is 2. The van der Waals surface area contributed by atoms with Gasteiger partial charge in [0.1, 0.15) is 11.9 Å². The second-order valence-electron chi connectivity index (χ2n) is 5.85. The number of carbonyl (C=O) groups excluding carboxylic acids is 1. The summed E-state index contributed by atoms with van der Waals surface area (Å²) in [4.78, 5) is 16.0. The minimum absolute atomic E-state index is 0.000910. The van der Waals surface area contributed by atoms with Crippen LogP contribution in [0.5, 0.6) is 0 Å². The fourth-order valence-corrected chi connectivity index (χ4v) is 2.90. The Kier molecular flexibility index (Phi) is 4.80. The van der Waals surface area contributed by atoms with Crippen LogP contribution in [-0.2, 0) is 0 Å². The first-order chi connectivity index (χ1) is 12.1. The summed E-state index contributed by atoms with van der Waals surface area (Å²) in [5, 5.41) is 8.80. The van der Waals surface area contributed by atoms with Crippen molar-refractivity contribution >= 4 is 11.7 Å². The molecule has 0 radical (unpaired) electrons. The lowest BCUT2D eigenvalue weighted by Gasteiger charge is -2.18. The van der Waals surface area contributed by atoms with E-state index < -0.39 is 5.82 Å². The van der Waals surface area contributed by atoms with E-state index in [4.69, 9.17) is 5.26 Å². The van der Waals surface area contributed by atoms with E-state index in [0.29, 0.717) is 25.2 Å². The van der Waals surface area contributed by atoms with E-state index in [1.54, 1.807) is 17.0 Å². The zero-order valence-corrected chi connectivity index (χ0v) is 13.8. The average molecular weight is 335 g/mol. The van der Waals surface area contributed by atoms with Crippen LogP contribution < -0.4 is 4.90 Å². The van der Waals surface area contributed by atoms with Gasteiger partial charge >= 0.3 is 6.03 Å². The summed E-state index contributed by atoms with van der Waals surface area (Å²) in [6.45, 7) is 5.72. The van der Waals surface area contributed by atoms with Crippen LogP contribution in [0.25, 0.3) is 11.1 Å². The number of carbonyl (C=O) groups is 1. The Balaban J connectivity index is 1.77. The number of halogens is 1. The van der Waals surface area contributed by atoms with Crippen LogP contribution in [0.3, 0.4) is 0 Å². The van der Waals surface area contributed by atoms with Gasteiger partial charge in [-0.05, 0) is 41.8 Å². The van der Waals surface area contributed by atoms with Crippen molar-refractivity contribution in [2.45, 2.75) is 6.42 Å². The minimum Gasteiger partial charge on any atom is -0.322 e. The Labute approximate surface area is 146 Å². The molecule has 0 N–H and O–H groups in total. The number of hydrogen-bond donors (Lipinski definition) is 0. The molecule has 0 aromatic heterocycles. The molecule has 1 fully saturated rings. The predicted octanol–water partition coefficient (Wildman–Crippen LogP) is 4.18. The third-order valence-corrected chi connectivity index (χ3v) is 4.30. The van der Waals surface area contributed by atoms with Crippen LogP contribution in [0.4, 0.5) is 14.9 Å². The van der Waals surface area contributed by atoms with Crippen molar-refractivity contribution in [2.24, 2.45) is 0 Å². The third kappa shape index (κ3) is 3.38. The van der Waals surface area contributed by atoms with Crippen LogP contribution in [-0.4, -0.2) is 30.6 Å². The van der Waals surface area contributed by atoms with Gasteiger partial charge in [0.2, 0.25) is 0 Å². The molecule has 126 valence electrons. The number of hydrogen-bond acceptors (Lipinski definition) is 2. The number of rotatable bonds is 5. The molecule has 1 aliphatic rings. The van der Waals surface area contributed by atoms with Gasteiger partial charge in [-0.2, -0.15) is 5.26 Å². The van der Waals surface area contributed by atoms with Gasteiger partial charge in [0.05, 0.1) is 5.56 Å². The zero-order valence-electron chi connectivity index (χ0n) is 13.8. The molecule has 2 aromatic rings. The molecule has 0 saturated carbocycles. The lowest BCUT2D eigenvalue weighted by atomic mass is 10.0. The van der Waals surface area contributed by atoms with Gasteiger partial charge in [-0.15, -0.1) is 6.58 Å². The van der Waals surface area contributed by atoms with E-state index in [9.17, 15) is 9.18 Å². The maximum Gasteiger partial charge on any atom is 0.324 e. The predicted molar refractivity (Wildman–Crippen MR) is 95.7 cm³/mol. The van der Waals surface area contributed by atoms with Crippen LogP contribution in [0.1, 0.15) is 12.0 Å². The molecule has 0 bridgehead atoms. The second-order valence-corrected chi connectivity index (χ2v) is 5.85. The van der Waals surface area contributed by atoms with E-state index in [2.05, 4.69) is 6.58 Å². The molecule has 2 amide bonds. The molecular formula is C20H18FN3O. The number of nitriles is 1. The number of benzene rings is 2. The Morgan fingerprint density at radius 2 is 1.88 bits per heavy atom. The Morgan fingerprint density at radius 3 is 2.52 bits per heavy atom. The highest BCUT2D eigenvalue weighted by atomic mass is 19.1. The summed E-state index contributed by atoms with van der Waals surface area (Å²) in [6.07, 6.45) is 2.59. The molecule has 1 aliphatic heterocycles. The number of anilines is 1. The van der Waals surface area contributed by atoms with E-state index >= 15 is 0 Å². The van der Waals surface area contributed by atoms with Gasteiger partial charge in [-0.25, -0.2) is 9.18 Å². The fourth-order valence-electron chi connectivity index (χ4n) is 2.90. The van der Waals surface area contributed by atoms with Crippen molar-refractivity contribution < 1.29 is 9.18 Å². The maximum atomic E-state index is 13.8. The van der Waals surface area contributed by atoms with Crippen LogP contribution in [0, 0.1) is 17.1 Å². The maximum absolute atomic E-state index is 13.8. The van der Waals surface area contributed by atoms with Crippen LogP contribution in [0.2, 0.25) is 0 Å². The molecule has 5 heteroatoms. The third-order valence-electron chi connectivity index (χ3n) is 4.30. The first kappa shape index (κ1) is 16.7. The van der Waals surface area contributed by atoms with E-state index in [1.165, 1.54) is 12.1 Å². The Hall–Kier alpha value is -3.13. The van der Waals surface area contributed by atoms with E-state index in [1.807, 2.05) is 35.2 Å². The summed E-state index contributed by atoms with van der Waals surface area (Å²) in [7, 11) is 0. The molecular weight excluding hydrogens is 317 g/mol. The van der Waals surface area contributed by atoms with Crippen molar-refractivity contribution in [1.82, 2.24) is 4.90 Å². The Morgan fingerprint density at radius 1 is 1.16 bits per heavy atom. The molecule has 3 rings (SSSR count). The molecule has 25 heavy (non-hydrogen) atoms. The topological polar surface area (TPSA) is 47.3 Å². The molecule has 2 aromatic carbocycles. The smallest absolute Gasteiger partial charge is 0.322 e. The van der Waals surface area contributed by atoms with Gasteiger partial charge in [-0.1, -0.05) is 24.3 Å². The van der Waals surface area contributed by atoms with Crippen LogP contribution in [0.15, 0.2) is 55.1 Å². The molecule has 0 atom stereocenters. The molecule has 1 heterocycles. The van der Waals surface area contributed by atoms with Gasteiger partial charge in [0.15, 0.2) is 0 Å². The quantitative estimate of drug-likeness (QED) is 0.770. The highest BCUT2D eigenvalue weighted by Gasteiger charge is 2.28. The minimum atomic E-state index is -0.531. The molecule has 1 saturated heterocycles.